The van der Waals surface area contributed by atoms with Crippen molar-refractivity contribution in [3.8, 4) is 0 Å². The van der Waals surface area contributed by atoms with Gasteiger partial charge in [-0.3, -0.25) is 0 Å². The van der Waals surface area contributed by atoms with Gasteiger partial charge in [-0.25, -0.2) is 0 Å². The molecule has 2 fully saturated rings. The van der Waals surface area contributed by atoms with Gasteiger partial charge in [0, 0.05) is 12.5 Å². The molecule has 4 unspecified atom stereocenters. The summed E-state index contributed by atoms with van der Waals surface area (Å²) in [6.45, 7) is 9.53. The molecule has 2 rings (SSSR count). The highest BCUT2D eigenvalue weighted by Crippen LogP contribution is 2.34. The quantitative estimate of drug-likeness (QED) is 0.498. The Morgan fingerprint density at radius 3 is 2.24 bits per heavy atom. The van der Waals surface area contributed by atoms with Crippen LogP contribution < -0.4 is 0 Å². The van der Waals surface area contributed by atoms with E-state index in [0.29, 0.717) is 24.7 Å². The molecule has 0 aromatic carbocycles. The summed E-state index contributed by atoms with van der Waals surface area (Å²) < 4.78 is 23.9. The predicted molar refractivity (Wildman–Crippen MR) is 100 cm³/mol. The summed E-state index contributed by atoms with van der Waals surface area (Å²) in [6, 6.07) is 0. The monoisotopic (exact) mass is 356 g/mol. The van der Waals surface area contributed by atoms with Gasteiger partial charge in [0.15, 0.2) is 6.29 Å². The van der Waals surface area contributed by atoms with Crippen LogP contribution in [0.3, 0.4) is 0 Å². The van der Waals surface area contributed by atoms with Crippen LogP contribution >= 0.6 is 0 Å². The molecule has 2 aliphatic rings. The Kier molecular flexibility index (Phi) is 9.75. The Bertz CT molecular complexity index is 341. The van der Waals surface area contributed by atoms with Gasteiger partial charge in [-0.05, 0) is 65.7 Å². The second-order valence-corrected chi connectivity index (χ2v) is 8.11. The van der Waals surface area contributed by atoms with Gasteiger partial charge in [0.05, 0.1) is 18.3 Å². The minimum absolute atomic E-state index is 0.0223. The molecule has 25 heavy (non-hydrogen) atoms. The molecular weight excluding hydrogens is 316 g/mol. The molecule has 0 bridgehead atoms. The van der Waals surface area contributed by atoms with Crippen LogP contribution in [-0.4, -0.2) is 38.0 Å². The van der Waals surface area contributed by atoms with Crippen LogP contribution in [0.1, 0.15) is 85.5 Å². The van der Waals surface area contributed by atoms with Crippen molar-refractivity contribution in [1.29, 1.82) is 0 Å². The van der Waals surface area contributed by atoms with E-state index in [9.17, 15) is 0 Å². The summed E-state index contributed by atoms with van der Waals surface area (Å²) in [5.74, 6) is 1.13. The van der Waals surface area contributed by atoms with Crippen molar-refractivity contribution in [3.05, 3.63) is 0 Å². The van der Waals surface area contributed by atoms with E-state index in [1.54, 1.807) is 0 Å². The molecule has 2 saturated carbocycles. The van der Waals surface area contributed by atoms with E-state index in [1.165, 1.54) is 44.9 Å². The number of rotatable bonds is 10. The van der Waals surface area contributed by atoms with Gasteiger partial charge in [-0.2, -0.15) is 0 Å². The van der Waals surface area contributed by atoms with Crippen LogP contribution in [0.25, 0.3) is 0 Å². The highest BCUT2D eigenvalue weighted by molar-refractivity contribution is 4.79. The third-order valence-electron chi connectivity index (χ3n) is 5.75. The second kappa shape index (κ2) is 11.5. The van der Waals surface area contributed by atoms with Crippen molar-refractivity contribution in [2.45, 2.75) is 110 Å². The van der Waals surface area contributed by atoms with Crippen molar-refractivity contribution in [2.75, 3.05) is 13.4 Å². The van der Waals surface area contributed by atoms with E-state index in [-0.39, 0.29) is 18.5 Å². The molecule has 2 aliphatic carbocycles. The molecule has 4 atom stereocenters. The van der Waals surface area contributed by atoms with E-state index in [2.05, 4.69) is 13.8 Å². The summed E-state index contributed by atoms with van der Waals surface area (Å²) in [5, 5.41) is 0. The molecule has 4 nitrogen and oxygen atoms in total. The van der Waals surface area contributed by atoms with Crippen molar-refractivity contribution in [1.82, 2.24) is 0 Å². The van der Waals surface area contributed by atoms with Crippen LogP contribution in [0.4, 0.5) is 0 Å². The van der Waals surface area contributed by atoms with Crippen molar-refractivity contribution < 1.29 is 18.9 Å². The van der Waals surface area contributed by atoms with E-state index >= 15 is 0 Å². The molecule has 0 saturated heterocycles. The van der Waals surface area contributed by atoms with E-state index in [1.807, 2.05) is 13.8 Å². The molecule has 148 valence electrons. The van der Waals surface area contributed by atoms with Gasteiger partial charge in [0.1, 0.15) is 6.79 Å². The fraction of sp³-hybridized carbons (Fsp3) is 1.00. The zero-order chi connectivity index (χ0) is 18.1. The maximum absolute atomic E-state index is 6.45. The maximum Gasteiger partial charge on any atom is 0.160 e. The SMILES string of the molecule is CCOC(OC(C)C1CCCC(OCOC(C)C)C1)C1CCCCC1. The van der Waals surface area contributed by atoms with Gasteiger partial charge in [0.2, 0.25) is 0 Å². The molecule has 0 amide bonds. The summed E-state index contributed by atoms with van der Waals surface area (Å²) in [7, 11) is 0. The van der Waals surface area contributed by atoms with Crippen LogP contribution in [-0.2, 0) is 18.9 Å². The van der Waals surface area contributed by atoms with E-state index in [0.717, 1.165) is 19.4 Å². The van der Waals surface area contributed by atoms with Gasteiger partial charge >= 0.3 is 0 Å². The van der Waals surface area contributed by atoms with E-state index < -0.39 is 0 Å². The van der Waals surface area contributed by atoms with Crippen LogP contribution in [0.15, 0.2) is 0 Å². The normalized spacial score (nSPS) is 28.2. The number of ether oxygens (including phenoxy) is 4. The average Bonchev–Trinajstić information content (AvgIpc) is 2.62. The van der Waals surface area contributed by atoms with Crippen molar-refractivity contribution in [3.63, 3.8) is 0 Å². The van der Waals surface area contributed by atoms with Crippen molar-refractivity contribution in [2.24, 2.45) is 11.8 Å². The first-order valence-corrected chi connectivity index (χ1v) is 10.6. The Balaban J connectivity index is 1.79. The third kappa shape index (κ3) is 7.54. The van der Waals surface area contributed by atoms with Crippen LogP contribution in [0.5, 0.6) is 0 Å². The van der Waals surface area contributed by atoms with E-state index in [4.69, 9.17) is 18.9 Å². The summed E-state index contributed by atoms with van der Waals surface area (Å²) in [5.41, 5.74) is 0. The lowest BCUT2D eigenvalue weighted by Gasteiger charge is -2.37. The minimum atomic E-state index is -0.0223. The molecule has 4 heteroatoms. The molecule has 0 aromatic rings. The Labute approximate surface area is 154 Å². The third-order valence-corrected chi connectivity index (χ3v) is 5.75. The van der Waals surface area contributed by atoms with Gasteiger partial charge in [0.25, 0.3) is 0 Å². The fourth-order valence-corrected chi connectivity index (χ4v) is 4.21. The first-order valence-electron chi connectivity index (χ1n) is 10.6. The van der Waals surface area contributed by atoms with Crippen molar-refractivity contribution >= 4 is 0 Å². The largest absolute Gasteiger partial charge is 0.353 e. The highest BCUT2D eigenvalue weighted by Gasteiger charge is 2.32. The zero-order valence-corrected chi connectivity index (χ0v) is 16.9. The molecule has 0 radical (unpaired) electrons. The molecular formula is C21H40O4. The molecule has 0 heterocycles. The fourth-order valence-electron chi connectivity index (χ4n) is 4.21. The van der Waals surface area contributed by atoms with Gasteiger partial charge in [-0.15, -0.1) is 0 Å². The van der Waals surface area contributed by atoms with Crippen LogP contribution in [0, 0.1) is 11.8 Å². The average molecular weight is 357 g/mol. The first kappa shape index (κ1) is 21.1. The Morgan fingerprint density at radius 1 is 0.840 bits per heavy atom. The topological polar surface area (TPSA) is 36.9 Å². The summed E-state index contributed by atoms with van der Waals surface area (Å²) in [4.78, 5) is 0. The zero-order valence-electron chi connectivity index (χ0n) is 16.9. The molecule has 0 N–H and O–H groups in total. The lowest BCUT2D eigenvalue weighted by molar-refractivity contribution is -0.212. The van der Waals surface area contributed by atoms with Gasteiger partial charge in [-0.1, -0.05) is 25.7 Å². The summed E-state index contributed by atoms with van der Waals surface area (Å²) >= 11 is 0. The molecule has 0 spiro atoms. The molecule has 0 aromatic heterocycles. The Morgan fingerprint density at radius 2 is 1.56 bits per heavy atom. The maximum atomic E-state index is 6.45. The molecule has 0 aliphatic heterocycles. The lowest BCUT2D eigenvalue weighted by atomic mass is 9.83. The van der Waals surface area contributed by atoms with Gasteiger partial charge < -0.3 is 18.9 Å². The highest BCUT2D eigenvalue weighted by atomic mass is 16.7. The second-order valence-electron chi connectivity index (χ2n) is 8.11. The number of hydrogen-bond acceptors (Lipinski definition) is 4. The Hall–Kier alpha value is -0.160. The first-order chi connectivity index (χ1) is 12.1. The standard InChI is InChI=1S/C21H40O4/c1-5-22-21(18-10-7-6-8-11-18)25-17(4)19-12-9-13-20(14-19)24-15-23-16(2)3/h16-21H,5-15H2,1-4H3. The lowest BCUT2D eigenvalue weighted by Crippen LogP contribution is -2.37. The van der Waals surface area contributed by atoms with Crippen LogP contribution in [0.2, 0.25) is 0 Å². The minimum Gasteiger partial charge on any atom is -0.353 e. The predicted octanol–water partition coefficient (Wildman–Crippen LogP) is 5.29. The summed E-state index contributed by atoms with van der Waals surface area (Å²) in [6.07, 6.45) is 11.9. The smallest absolute Gasteiger partial charge is 0.160 e. The number of hydrogen-bond donors (Lipinski definition) is 0.